The Hall–Kier alpha value is -2.83. The first-order valence-electron chi connectivity index (χ1n) is 10.5. The zero-order chi connectivity index (χ0) is 22.0. The molecule has 162 valence electrons. The van der Waals surface area contributed by atoms with Crippen LogP contribution in [0.4, 0.5) is 0 Å². The van der Waals surface area contributed by atoms with Gasteiger partial charge < -0.3 is 19.6 Å². The lowest BCUT2D eigenvalue weighted by molar-refractivity contribution is -0.144. The van der Waals surface area contributed by atoms with E-state index in [0.29, 0.717) is 23.3 Å². The van der Waals surface area contributed by atoms with Crippen molar-refractivity contribution < 1.29 is 23.8 Å². The summed E-state index contributed by atoms with van der Waals surface area (Å²) in [5.41, 5.74) is 2.63. The molecule has 1 amide bonds. The summed E-state index contributed by atoms with van der Waals surface area (Å²) in [6.45, 7) is 7.01. The van der Waals surface area contributed by atoms with Crippen molar-refractivity contribution in [1.82, 2.24) is 5.32 Å². The first-order valence-corrected chi connectivity index (χ1v) is 10.5. The summed E-state index contributed by atoms with van der Waals surface area (Å²) in [5.74, 6) is -1.35. The molecule has 0 aliphatic heterocycles. The van der Waals surface area contributed by atoms with Crippen molar-refractivity contribution in [3.8, 4) is 5.75 Å². The third-order valence-electron chi connectivity index (χ3n) is 6.04. The molecule has 0 bridgehead atoms. The van der Waals surface area contributed by atoms with E-state index >= 15 is 0 Å². The molecule has 1 aromatic heterocycles. The molecule has 1 heterocycles. The molecule has 3 atom stereocenters. The minimum atomic E-state index is -1.07. The summed E-state index contributed by atoms with van der Waals surface area (Å²) >= 11 is 0. The van der Waals surface area contributed by atoms with Gasteiger partial charge in [-0.2, -0.15) is 0 Å². The van der Waals surface area contributed by atoms with Crippen LogP contribution in [0.5, 0.6) is 5.75 Å². The van der Waals surface area contributed by atoms with Crippen LogP contribution in [0, 0.1) is 12.8 Å². The summed E-state index contributed by atoms with van der Waals surface area (Å²) in [6.07, 6.45) is 3.34. The molecule has 30 heavy (non-hydrogen) atoms. The van der Waals surface area contributed by atoms with E-state index in [0.717, 1.165) is 42.2 Å². The van der Waals surface area contributed by atoms with E-state index in [-0.39, 0.29) is 11.5 Å². The summed E-state index contributed by atoms with van der Waals surface area (Å²) in [5, 5.41) is 12.9. The van der Waals surface area contributed by atoms with Crippen molar-refractivity contribution in [3.63, 3.8) is 0 Å². The lowest BCUT2D eigenvalue weighted by atomic mass is 9.90. The van der Waals surface area contributed by atoms with Gasteiger partial charge in [0.15, 0.2) is 6.10 Å². The summed E-state index contributed by atoms with van der Waals surface area (Å²) < 4.78 is 11.4. The Labute approximate surface area is 175 Å². The molecule has 1 aromatic carbocycles. The molecule has 0 fully saturated rings. The second kappa shape index (κ2) is 8.90. The average Bonchev–Trinajstić information content (AvgIpc) is 2.73. The van der Waals surface area contributed by atoms with Crippen LogP contribution < -0.4 is 15.7 Å². The van der Waals surface area contributed by atoms with Gasteiger partial charge in [0.05, 0.1) is 0 Å². The molecule has 0 spiro atoms. The molecule has 7 heteroatoms. The largest absolute Gasteiger partial charge is 0.480 e. The highest BCUT2D eigenvalue weighted by Gasteiger charge is 2.28. The van der Waals surface area contributed by atoms with E-state index < -0.39 is 24.0 Å². The molecule has 3 rings (SSSR count). The molecular formula is C23H29NO6. The summed E-state index contributed by atoms with van der Waals surface area (Å²) in [6, 6.07) is 2.67. The Kier molecular flexibility index (Phi) is 6.48. The van der Waals surface area contributed by atoms with Crippen molar-refractivity contribution in [1.29, 1.82) is 0 Å². The van der Waals surface area contributed by atoms with Gasteiger partial charge in [0.1, 0.15) is 17.4 Å². The third kappa shape index (κ3) is 4.20. The molecule has 2 N–H and O–H groups in total. The maximum atomic E-state index is 12.5. The normalized spacial score (nSPS) is 16.4. The third-order valence-corrected chi connectivity index (χ3v) is 6.04. The molecule has 0 radical (unpaired) electrons. The van der Waals surface area contributed by atoms with Crippen molar-refractivity contribution in [2.45, 2.75) is 71.9 Å². The number of hydrogen-bond acceptors (Lipinski definition) is 5. The number of carboxylic acid groups (broad SMARTS) is 1. The van der Waals surface area contributed by atoms with Crippen LogP contribution in [0.2, 0.25) is 0 Å². The van der Waals surface area contributed by atoms with Gasteiger partial charge in [-0.1, -0.05) is 20.3 Å². The van der Waals surface area contributed by atoms with Gasteiger partial charge in [0.25, 0.3) is 5.91 Å². The molecule has 7 nitrogen and oxygen atoms in total. The van der Waals surface area contributed by atoms with Gasteiger partial charge in [0, 0.05) is 16.5 Å². The van der Waals surface area contributed by atoms with Crippen molar-refractivity contribution in [3.05, 3.63) is 39.2 Å². The van der Waals surface area contributed by atoms with E-state index in [1.807, 2.05) is 13.0 Å². The number of benzene rings is 1. The average molecular weight is 415 g/mol. The smallest absolute Gasteiger partial charge is 0.339 e. The monoisotopic (exact) mass is 415 g/mol. The predicted octanol–water partition coefficient (Wildman–Crippen LogP) is 3.36. The number of aliphatic carboxylic acids is 1. The van der Waals surface area contributed by atoms with Crippen LogP contribution in [0.3, 0.4) is 0 Å². The number of rotatable bonds is 7. The summed E-state index contributed by atoms with van der Waals surface area (Å²) in [7, 11) is 0. The van der Waals surface area contributed by atoms with Gasteiger partial charge in [-0.25, -0.2) is 9.59 Å². The number of amides is 1. The van der Waals surface area contributed by atoms with E-state index in [1.165, 1.54) is 0 Å². The number of ether oxygens (including phenoxy) is 1. The van der Waals surface area contributed by atoms with Gasteiger partial charge in [-0.05, 0) is 63.1 Å². The number of hydrogen-bond donors (Lipinski definition) is 2. The van der Waals surface area contributed by atoms with Crippen LogP contribution in [-0.2, 0) is 22.4 Å². The summed E-state index contributed by atoms with van der Waals surface area (Å²) in [4.78, 5) is 36.4. The van der Waals surface area contributed by atoms with Crippen LogP contribution in [-0.4, -0.2) is 29.1 Å². The van der Waals surface area contributed by atoms with E-state index in [4.69, 9.17) is 9.15 Å². The van der Waals surface area contributed by atoms with E-state index in [9.17, 15) is 19.5 Å². The Bertz CT molecular complexity index is 1020. The molecule has 2 aromatic rings. The maximum absolute atomic E-state index is 12.5. The highest BCUT2D eigenvalue weighted by Crippen LogP contribution is 2.33. The second-order valence-corrected chi connectivity index (χ2v) is 8.09. The fraction of sp³-hybridized carbons (Fsp3) is 0.522. The predicted molar refractivity (Wildman–Crippen MR) is 113 cm³/mol. The number of carboxylic acids is 1. The fourth-order valence-electron chi connectivity index (χ4n) is 3.95. The first-order chi connectivity index (χ1) is 14.2. The van der Waals surface area contributed by atoms with Gasteiger partial charge >= 0.3 is 11.6 Å². The SMILES string of the molecule is CC[C@H](C)[C@H](NC(=O)[C@@H](C)Oc1ccc2c3c(c(=O)oc2c1C)CCCC3)C(=O)O. The van der Waals surface area contributed by atoms with E-state index in [1.54, 1.807) is 26.8 Å². The van der Waals surface area contributed by atoms with Crippen molar-refractivity contribution in [2.24, 2.45) is 5.92 Å². The lowest BCUT2D eigenvalue weighted by Gasteiger charge is -2.23. The number of carbonyl (C=O) groups excluding carboxylic acids is 1. The number of carbonyl (C=O) groups is 2. The molecular weight excluding hydrogens is 386 g/mol. The Morgan fingerprint density at radius 1 is 1.20 bits per heavy atom. The van der Waals surface area contributed by atoms with Crippen molar-refractivity contribution in [2.75, 3.05) is 0 Å². The molecule has 0 unspecified atom stereocenters. The Balaban J connectivity index is 1.85. The van der Waals surface area contributed by atoms with Crippen molar-refractivity contribution >= 4 is 22.8 Å². The topological polar surface area (TPSA) is 106 Å². The molecule has 0 saturated carbocycles. The standard InChI is InChI=1S/C23H29NO6/c1-5-12(2)19(22(26)27)24-21(25)14(4)29-18-11-10-16-15-8-6-7-9-17(15)23(28)30-20(16)13(18)3/h10-12,14,19H,5-9H2,1-4H3,(H,24,25)(H,26,27)/t12-,14+,19-/m0/s1. The highest BCUT2D eigenvalue weighted by molar-refractivity contribution is 5.88. The fourth-order valence-corrected chi connectivity index (χ4v) is 3.95. The number of fused-ring (bicyclic) bond motifs is 3. The number of nitrogens with one attached hydrogen (secondary N) is 1. The zero-order valence-corrected chi connectivity index (χ0v) is 17.9. The molecule has 1 aliphatic carbocycles. The highest BCUT2D eigenvalue weighted by atomic mass is 16.5. The minimum Gasteiger partial charge on any atom is -0.480 e. The van der Waals surface area contributed by atoms with Gasteiger partial charge in [-0.15, -0.1) is 0 Å². The minimum absolute atomic E-state index is 0.207. The van der Waals surface area contributed by atoms with Crippen LogP contribution in [0.1, 0.15) is 56.7 Å². The van der Waals surface area contributed by atoms with Crippen LogP contribution >= 0.6 is 0 Å². The van der Waals surface area contributed by atoms with Crippen LogP contribution in [0.15, 0.2) is 21.3 Å². The second-order valence-electron chi connectivity index (χ2n) is 8.09. The first kappa shape index (κ1) is 21.9. The van der Waals surface area contributed by atoms with E-state index in [2.05, 4.69) is 5.32 Å². The Morgan fingerprint density at radius 2 is 1.87 bits per heavy atom. The maximum Gasteiger partial charge on any atom is 0.339 e. The number of aryl methyl sites for hydroxylation is 2. The molecule has 0 saturated heterocycles. The lowest BCUT2D eigenvalue weighted by Crippen LogP contribution is -2.49. The Morgan fingerprint density at radius 3 is 2.50 bits per heavy atom. The quantitative estimate of drug-likeness (QED) is 0.672. The van der Waals surface area contributed by atoms with Gasteiger partial charge in [-0.3, -0.25) is 4.79 Å². The zero-order valence-electron chi connectivity index (χ0n) is 17.9. The van der Waals surface area contributed by atoms with Gasteiger partial charge in [0.2, 0.25) is 0 Å². The van der Waals surface area contributed by atoms with Crippen LogP contribution in [0.25, 0.3) is 11.0 Å². The molecule has 1 aliphatic rings.